The van der Waals surface area contributed by atoms with Gasteiger partial charge in [-0.15, -0.1) is 0 Å². The molecule has 3 heterocycles. The lowest BCUT2D eigenvalue weighted by Gasteiger charge is -2.19. The number of ether oxygens (including phenoxy) is 2. The summed E-state index contributed by atoms with van der Waals surface area (Å²) in [5.41, 5.74) is 3.23. The average Bonchev–Trinajstić information content (AvgIpc) is 3.46. The van der Waals surface area contributed by atoms with E-state index in [0.29, 0.717) is 43.2 Å². The summed E-state index contributed by atoms with van der Waals surface area (Å²) in [6, 6.07) is 7.32. The maximum Gasteiger partial charge on any atom is 0.407 e. The van der Waals surface area contributed by atoms with Gasteiger partial charge in [0.2, 0.25) is 5.95 Å². The number of aryl methyl sites for hydroxylation is 1. The van der Waals surface area contributed by atoms with Crippen LogP contribution < -0.4 is 10.6 Å². The van der Waals surface area contributed by atoms with Crippen molar-refractivity contribution in [1.82, 2.24) is 34.4 Å². The molecule has 0 unspecified atom stereocenters. The van der Waals surface area contributed by atoms with Gasteiger partial charge in [0.25, 0.3) is 0 Å². The molecular formula is C28H41BrN8O3SSi. The second kappa shape index (κ2) is 13.7. The Labute approximate surface area is 260 Å². The molecule has 0 aliphatic rings. The van der Waals surface area contributed by atoms with Crippen molar-refractivity contribution in [2.24, 2.45) is 0 Å². The Bertz CT molecular complexity index is 1530. The number of aromatic nitrogens is 6. The molecule has 3 aromatic heterocycles. The smallest absolute Gasteiger partial charge is 0.407 e. The number of rotatable bonds is 13. The van der Waals surface area contributed by atoms with Crippen LogP contribution in [-0.2, 0) is 29.2 Å². The van der Waals surface area contributed by atoms with E-state index in [0.717, 1.165) is 45.8 Å². The Kier molecular flexibility index (Phi) is 10.5. The van der Waals surface area contributed by atoms with E-state index in [9.17, 15) is 4.79 Å². The monoisotopic (exact) mass is 676 g/mol. The first kappa shape index (κ1) is 32.2. The molecule has 2 N–H and O–H groups in total. The van der Waals surface area contributed by atoms with Gasteiger partial charge in [0, 0.05) is 21.2 Å². The quantitative estimate of drug-likeness (QED) is 0.0949. The fourth-order valence-corrected chi connectivity index (χ4v) is 5.71. The molecule has 0 saturated carbocycles. The lowest BCUT2D eigenvalue weighted by molar-refractivity contribution is 0.0527. The third-order valence-electron chi connectivity index (χ3n) is 6.34. The fourth-order valence-electron chi connectivity index (χ4n) is 4.25. The number of thioether (sulfide) groups is 1. The van der Waals surface area contributed by atoms with Gasteiger partial charge in [-0.1, -0.05) is 43.5 Å². The Morgan fingerprint density at radius 3 is 2.67 bits per heavy atom. The van der Waals surface area contributed by atoms with Crippen molar-refractivity contribution in [3.05, 3.63) is 40.3 Å². The summed E-state index contributed by atoms with van der Waals surface area (Å²) in [6.45, 7) is 14.7. The molecule has 0 radical (unpaired) electrons. The third kappa shape index (κ3) is 8.68. The van der Waals surface area contributed by atoms with Crippen LogP contribution in [0.15, 0.2) is 34.0 Å². The highest BCUT2D eigenvalue weighted by Crippen LogP contribution is 2.24. The van der Waals surface area contributed by atoms with Crippen molar-refractivity contribution >= 4 is 64.5 Å². The predicted molar refractivity (Wildman–Crippen MR) is 174 cm³/mol. The van der Waals surface area contributed by atoms with Gasteiger partial charge in [-0.2, -0.15) is 14.6 Å². The van der Waals surface area contributed by atoms with Crippen LogP contribution in [0.4, 0.5) is 10.7 Å². The summed E-state index contributed by atoms with van der Waals surface area (Å²) >= 11 is 5.00. The van der Waals surface area contributed by atoms with Gasteiger partial charge in [-0.05, 0) is 73.5 Å². The highest BCUT2D eigenvalue weighted by atomic mass is 79.9. The van der Waals surface area contributed by atoms with Crippen LogP contribution in [0.2, 0.25) is 25.7 Å². The Morgan fingerprint density at radius 2 is 1.95 bits per heavy atom. The molecule has 0 atom stereocenters. The van der Waals surface area contributed by atoms with Crippen molar-refractivity contribution in [3.63, 3.8) is 0 Å². The predicted octanol–water partition coefficient (Wildman–Crippen LogP) is 6.34. The van der Waals surface area contributed by atoms with Gasteiger partial charge in [-0.25, -0.2) is 14.8 Å². The van der Waals surface area contributed by atoms with Crippen molar-refractivity contribution in [2.45, 2.75) is 83.3 Å². The molecule has 42 heavy (non-hydrogen) atoms. The first-order chi connectivity index (χ1) is 19.8. The van der Waals surface area contributed by atoms with Crippen LogP contribution in [-0.4, -0.2) is 68.3 Å². The van der Waals surface area contributed by atoms with Crippen LogP contribution in [0.25, 0.3) is 16.7 Å². The Morgan fingerprint density at radius 1 is 1.17 bits per heavy atom. The highest BCUT2D eigenvalue weighted by Gasteiger charge is 2.18. The van der Waals surface area contributed by atoms with Gasteiger partial charge in [-0.3, -0.25) is 0 Å². The summed E-state index contributed by atoms with van der Waals surface area (Å²) in [4.78, 5) is 26.3. The van der Waals surface area contributed by atoms with Crippen molar-refractivity contribution in [2.75, 3.05) is 24.7 Å². The maximum atomic E-state index is 12.0. The molecule has 14 heteroatoms. The first-order valence-corrected chi connectivity index (χ1v) is 19.8. The molecule has 228 valence electrons. The largest absolute Gasteiger partial charge is 0.444 e. The highest BCUT2D eigenvalue weighted by molar-refractivity contribution is 9.10. The maximum absolute atomic E-state index is 12.0. The molecular weight excluding hydrogens is 636 g/mol. The molecule has 0 bridgehead atoms. The molecule has 4 aromatic rings. The Balaban J connectivity index is 1.55. The van der Waals surface area contributed by atoms with Gasteiger partial charge in [0.1, 0.15) is 18.2 Å². The number of nitrogens with zero attached hydrogens (tertiary/aromatic N) is 6. The number of hydrogen-bond donors (Lipinski definition) is 2. The van der Waals surface area contributed by atoms with Gasteiger partial charge < -0.3 is 24.7 Å². The van der Waals surface area contributed by atoms with Gasteiger partial charge in [0.15, 0.2) is 10.8 Å². The van der Waals surface area contributed by atoms with E-state index in [4.69, 9.17) is 14.5 Å². The second-order valence-corrected chi connectivity index (χ2v) is 19.5. The Hall–Kier alpha value is -2.68. The summed E-state index contributed by atoms with van der Waals surface area (Å²) in [5.74, 6) is 1.42. The van der Waals surface area contributed by atoms with E-state index in [1.807, 2.05) is 27.0 Å². The van der Waals surface area contributed by atoms with E-state index >= 15 is 0 Å². The lowest BCUT2D eigenvalue weighted by atomic mass is 10.1. The lowest BCUT2D eigenvalue weighted by Crippen LogP contribution is -2.33. The number of benzene rings is 1. The number of carbonyl (C=O) groups is 1. The number of para-hydroxylation sites is 1. The van der Waals surface area contributed by atoms with Crippen molar-refractivity contribution < 1.29 is 14.3 Å². The molecule has 0 aliphatic heterocycles. The number of imidazole rings is 1. The van der Waals surface area contributed by atoms with Crippen LogP contribution in [0.5, 0.6) is 0 Å². The second-order valence-electron chi connectivity index (χ2n) is 12.2. The topological polar surface area (TPSA) is 120 Å². The summed E-state index contributed by atoms with van der Waals surface area (Å²) < 4.78 is 16.1. The minimum atomic E-state index is -1.22. The molecule has 0 saturated heterocycles. The van der Waals surface area contributed by atoms with Crippen LogP contribution in [0.1, 0.15) is 38.6 Å². The SMILES string of the molecule is CSc1nc(NCc2nc3c(CCCNC(=O)OC(C)(C)C)cccc3n2COCC[Si](C)(C)C)n2ncc(Br)c2n1. The molecule has 0 aliphatic carbocycles. The van der Waals surface area contributed by atoms with Crippen molar-refractivity contribution in [1.29, 1.82) is 0 Å². The zero-order chi connectivity index (χ0) is 30.5. The van der Waals surface area contributed by atoms with E-state index in [2.05, 4.69) is 84.0 Å². The normalized spacial score (nSPS) is 12.3. The molecule has 11 nitrogen and oxygen atoms in total. The molecule has 1 amide bonds. The van der Waals surface area contributed by atoms with E-state index < -0.39 is 19.8 Å². The number of halogens is 1. The number of carbonyl (C=O) groups excluding carboxylic acids is 1. The number of anilines is 1. The zero-order valence-electron chi connectivity index (χ0n) is 25.5. The first-order valence-electron chi connectivity index (χ1n) is 14.1. The average molecular weight is 678 g/mol. The molecule has 1 aromatic carbocycles. The van der Waals surface area contributed by atoms with Gasteiger partial charge >= 0.3 is 6.09 Å². The molecule has 0 fully saturated rings. The molecule has 0 spiro atoms. The number of amides is 1. The fraction of sp³-hybridized carbons (Fsp3) is 0.536. The minimum Gasteiger partial charge on any atom is -0.444 e. The van der Waals surface area contributed by atoms with Crippen LogP contribution >= 0.6 is 27.7 Å². The molecule has 4 rings (SSSR count). The summed E-state index contributed by atoms with van der Waals surface area (Å²) in [7, 11) is -1.22. The standard InChI is InChI=1S/C28H41BrN8O3SSi/c1-28(2,3)40-27(38)30-13-9-11-19-10-8-12-21-23(19)33-22(36(21)18-39-14-15-42(5,6)7)17-31-25-35-26(41-4)34-24-20(29)16-32-37(24)25/h8,10,12,16H,9,11,13-15,17-18H2,1-7H3,(H,30,38)(H,31,34,35). The van der Waals surface area contributed by atoms with Crippen LogP contribution in [0, 0.1) is 0 Å². The number of hydrogen-bond acceptors (Lipinski definition) is 9. The summed E-state index contributed by atoms with van der Waals surface area (Å²) in [6.07, 6.45) is 4.78. The number of nitrogens with one attached hydrogen (secondary N) is 2. The van der Waals surface area contributed by atoms with E-state index in [1.54, 1.807) is 10.7 Å². The zero-order valence-corrected chi connectivity index (χ0v) is 28.9. The van der Waals surface area contributed by atoms with Crippen molar-refractivity contribution in [3.8, 4) is 0 Å². The number of fused-ring (bicyclic) bond motifs is 2. The minimum absolute atomic E-state index is 0.401. The van der Waals surface area contributed by atoms with Crippen LogP contribution in [0.3, 0.4) is 0 Å². The number of alkyl carbamates (subject to hydrolysis) is 1. The van der Waals surface area contributed by atoms with Gasteiger partial charge in [0.05, 0.1) is 28.2 Å². The van der Waals surface area contributed by atoms with E-state index in [1.165, 1.54) is 11.8 Å². The summed E-state index contributed by atoms with van der Waals surface area (Å²) in [5, 5.41) is 11.4. The van der Waals surface area contributed by atoms with E-state index in [-0.39, 0.29) is 0 Å². The third-order valence-corrected chi connectivity index (χ3v) is 9.15.